The summed E-state index contributed by atoms with van der Waals surface area (Å²) >= 11 is 0. The van der Waals surface area contributed by atoms with Crippen LogP contribution in [0, 0.1) is 0 Å². The quantitative estimate of drug-likeness (QED) is 0.404. The average molecular weight is 536 g/mol. The first kappa shape index (κ1) is 28.4. The maximum Gasteiger partial charge on any atom is 0.261 e. The first-order chi connectivity index (χ1) is 17.8. The Morgan fingerprint density at radius 3 is 2.30 bits per heavy atom. The van der Waals surface area contributed by atoms with Gasteiger partial charge in [0.25, 0.3) is 5.91 Å². The molecule has 0 aliphatic carbocycles. The zero-order valence-electron chi connectivity index (χ0n) is 21.0. The SMILES string of the molecule is COc1ccc(CN(C(=O)COc2ccc(S(=O)(=O)N3CCOCC3)cc2)[C@H](C)C(=O)NCCO)cc1. The van der Waals surface area contributed by atoms with Crippen molar-refractivity contribution in [2.24, 2.45) is 0 Å². The van der Waals surface area contributed by atoms with Gasteiger partial charge in [-0.25, -0.2) is 8.42 Å². The molecule has 0 radical (unpaired) electrons. The standard InChI is InChI=1S/C25H33N3O8S/c1-19(25(31)26-11-14-29)28(17-20-3-5-21(34-2)6-4-20)24(30)18-36-22-7-9-23(10-8-22)37(32,33)27-12-15-35-16-13-27/h3-10,19,29H,11-18H2,1-2H3,(H,26,31)/t19-/m1/s1. The number of hydrogen-bond donors (Lipinski definition) is 2. The highest BCUT2D eigenvalue weighted by Gasteiger charge is 2.28. The number of nitrogens with one attached hydrogen (secondary N) is 1. The van der Waals surface area contributed by atoms with Crippen molar-refractivity contribution >= 4 is 21.8 Å². The summed E-state index contributed by atoms with van der Waals surface area (Å²) in [6.45, 7) is 2.54. The van der Waals surface area contributed by atoms with Crippen LogP contribution in [-0.2, 0) is 30.9 Å². The number of benzene rings is 2. The summed E-state index contributed by atoms with van der Waals surface area (Å²) in [5.41, 5.74) is 0.786. The van der Waals surface area contributed by atoms with E-state index >= 15 is 0 Å². The second kappa shape index (κ2) is 13.4. The molecule has 0 saturated carbocycles. The number of sulfonamides is 1. The summed E-state index contributed by atoms with van der Waals surface area (Å²) in [5, 5.41) is 11.6. The summed E-state index contributed by atoms with van der Waals surface area (Å²) < 4.78 is 43.0. The molecule has 1 heterocycles. The van der Waals surface area contributed by atoms with Crippen LogP contribution in [0.25, 0.3) is 0 Å². The molecule has 0 bridgehead atoms. The highest BCUT2D eigenvalue weighted by Crippen LogP contribution is 2.21. The number of methoxy groups -OCH3 is 1. The van der Waals surface area contributed by atoms with Gasteiger partial charge in [-0.05, 0) is 48.9 Å². The van der Waals surface area contributed by atoms with Crippen molar-refractivity contribution in [3.63, 3.8) is 0 Å². The molecular formula is C25H33N3O8S. The van der Waals surface area contributed by atoms with Gasteiger partial charge in [0.2, 0.25) is 15.9 Å². The molecule has 1 aliphatic heterocycles. The molecule has 202 valence electrons. The Morgan fingerprint density at radius 1 is 1.08 bits per heavy atom. The van der Waals surface area contributed by atoms with Crippen LogP contribution in [0.5, 0.6) is 11.5 Å². The number of rotatable bonds is 12. The van der Waals surface area contributed by atoms with Gasteiger partial charge in [0.1, 0.15) is 17.5 Å². The topological polar surface area (TPSA) is 135 Å². The molecule has 1 saturated heterocycles. The predicted octanol–water partition coefficient (Wildman–Crippen LogP) is 0.621. The van der Waals surface area contributed by atoms with Crippen molar-refractivity contribution in [2.75, 3.05) is 53.2 Å². The second-order valence-electron chi connectivity index (χ2n) is 8.34. The smallest absolute Gasteiger partial charge is 0.261 e. The molecule has 11 nitrogen and oxygen atoms in total. The Bertz CT molecular complexity index is 1130. The lowest BCUT2D eigenvalue weighted by molar-refractivity contribution is -0.142. The minimum Gasteiger partial charge on any atom is -0.497 e. The molecular weight excluding hydrogens is 502 g/mol. The van der Waals surface area contributed by atoms with E-state index in [0.29, 0.717) is 37.8 Å². The molecule has 2 amide bonds. The first-order valence-corrected chi connectivity index (χ1v) is 13.3. The monoisotopic (exact) mass is 535 g/mol. The van der Waals surface area contributed by atoms with Crippen molar-refractivity contribution in [1.82, 2.24) is 14.5 Å². The van der Waals surface area contributed by atoms with Crippen molar-refractivity contribution in [3.8, 4) is 11.5 Å². The van der Waals surface area contributed by atoms with Crippen LogP contribution in [0.4, 0.5) is 0 Å². The van der Waals surface area contributed by atoms with Gasteiger partial charge in [0.05, 0.1) is 31.8 Å². The molecule has 1 aliphatic rings. The lowest BCUT2D eigenvalue weighted by atomic mass is 10.1. The Hall–Kier alpha value is -3.19. The van der Waals surface area contributed by atoms with E-state index < -0.39 is 27.9 Å². The van der Waals surface area contributed by atoms with E-state index in [4.69, 9.17) is 19.3 Å². The normalized spacial score (nSPS) is 15.0. The number of carbonyl (C=O) groups excluding carboxylic acids is 2. The van der Waals surface area contributed by atoms with Gasteiger partial charge in [0.15, 0.2) is 6.61 Å². The number of hydrogen-bond acceptors (Lipinski definition) is 8. The fourth-order valence-electron chi connectivity index (χ4n) is 3.71. The number of morpholine rings is 1. The van der Waals surface area contributed by atoms with Gasteiger partial charge >= 0.3 is 0 Å². The largest absolute Gasteiger partial charge is 0.497 e. The van der Waals surface area contributed by atoms with Gasteiger partial charge in [-0.3, -0.25) is 9.59 Å². The Kier molecular flexibility index (Phi) is 10.3. The van der Waals surface area contributed by atoms with Crippen molar-refractivity contribution in [1.29, 1.82) is 0 Å². The number of ether oxygens (including phenoxy) is 3. The lowest BCUT2D eigenvalue weighted by Crippen LogP contribution is -2.49. The van der Waals surface area contributed by atoms with Gasteiger partial charge < -0.3 is 29.5 Å². The van der Waals surface area contributed by atoms with Gasteiger partial charge in [-0.15, -0.1) is 0 Å². The molecule has 3 rings (SSSR count). The molecule has 2 aromatic carbocycles. The summed E-state index contributed by atoms with van der Waals surface area (Å²) in [5.74, 6) is 0.134. The van der Waals surface area contributed by atoms with Gasteiger partial charge in [0, 0.05) is 26.2 Å². The first-order valence-electron chi connectivity index (χ1n) is 11.9. The van der Waals surface area contributed by atoms with Crippen LogP contribution in [0.3, 0.4) is 0 Å². The minimum absolute atomic E-state index is 0.0734. The number of nitrogens with zero attached hydrogens (tertiary/aromatic N) is 2. The molecule has 1 atom stereocenters. The molecule has 2 N–H and O–H groups in total. The van der Waals surface area contributed by atoms with Crippen LogP contribution >= 0.6 is 0 Å². The number of amides is 2. The van der Waals surface area contributed by atoms with E-state index in [1.807, 2.05) is 0 Å². The van der Waals surface area contributed by atoms with Crippen molar-refractivity contribution in [3.05, 3.63) is 54.1 Å². The third kappa shape index (κ3) is 7.65. The fourth-order valence-corrected chi connectivity index (χ4v) is 5.12. The van der Waals surface area contributed by atoms with Crippen molar-refractivity contribution in [2.45, 2.75) is 24.4 Å². The lowest BCUT2D eigenvalue weighted by Gasteiger charge is -2.28. The Morgan fingerprint density at radius 2 is 1.70 bits per heavy atom. The number of aliphatic hydroxyl groups excluding tert-OH is 1. The molecule has 0 spiro atoms. The van der Waals surface area contributed by atoms with E-state index in [0.717, 1.165) is 5.56 Å². The Labute approximate surface area is 217 Å². The molecule has 0 unspecified atom stereocenters. The second-order valence-corrected chi connectivity index (χ2v) is 10.3. The molecule has 0 aromatic heterocycles. The van der Waals surface area contributed by atoms with E-state index in [1.54, 1.807) is 38.3 Å². The van der Waals surface area contributed by atoms with Gasteiger partial charge in [-0.2, -0.15) is 4.31 Å². The van der Waals surface area contributed by atoms with E-state index in [-0.39, 0.29) is 31.2 Å². The summed E-state index contributed by atoms with van der Waals surface area (Å²) in [6, 6.07) is 12.1. The van der Waals surface area contributed by atoms with Gasteiger partial charge in [-0.1, -0.05) is 12.1 Å². The van der Waals surface area contributed by atoms with Crippen LogP contribution in [-0.4, -0.2) is 93.8 Å². The fraction of sp³-hybridized carbons (Fsp3) is 0.440. The third-order valence-electron chi connectivity index (χ3n) is 5.88. The average Bonchev–Trinajstić information content (AvgIpc) is 2.94. The molecule has 37 heavy (non-hydrogen) atoms. The zero-order valence-corrected chi connectivity index (χ0v) is 21.8. The highest BCUT2D eigenvalue weighted by atomic mass is 32.2. The van der Waals surface area contributed by atoms with Crippen LogP contribution in [0.1, 0.15) is 12.5 Å². The number of carbonyl (C=O) groups is 2. The maximum absolute atomic E-state index is 13.1. The molecule has 1 fully saturated rings. The molecule has 2 aromatic rings. The number of aliphatic hydroxyl groups is 1. The van der Waals surface area contributed by atoms with E-state index in [2.05, 4.69) is 5.32 Å². The predicted molar refractivity (Wildman–Crippen MR) is 135 cm³/mol. The minimum atomic E-state index is -3.64. The van der Waals surface area contributed by atoms with E-state index in [1.165, 1.54) is 33.5 Å². The van der Waals surface area contributed by atoms with E-state index in [9.17, 15) is 18.0 Å². The summed E-state index contributed by atoms with van der Waals surface area (Å²) in [7, 11) is -2.08. The van der Waals surface area contributed by atoms with Crippen LogP contribution < -0.4 is 14.8 Å². The molecule has 12 heteroatoms. The summed E-state index contributed by atoms with van der Waals surface area (Å²) in [6.07, 6.45) is 0. The highest BCUT2D eigenvalue weighted by molar-refractivity contribution is 7.89. The van der Waals surface area contributed by atoms with Crippen LogP contribution in [0.15, 0.2) is 53.4 Å². The summed E-state index contributed by atoms with van der Waals surface area (Å²) in [4.78, 5) is 27.2. The Balaban J connectivity index is 1.68. The van der Waals surface area contributed by atoms with Crippen molar-refractivity contribution < 1.29 is 37.3 Å². The zero-order chi connectivity index (χ0) is 26.8. The van der Waals surface area contributed by atoms with Crippen LogP contribution in [0.2, 0.25) is 0 Å². The third-order valence-corrected chi connectivity index (χ3v) is 7.80. The maximum atomic E-state index is 13.1.